The first-order chi connectivity index (χ1) is 11.6. The Morgan fingerprint density at radius 3 is 2.67 bits per heavy atom. The highest BCUT2D eigenvalue weighted by molar-refractivity contribution is 5.67. The van der Waals surface area contributed by atoms with E-state index in [4.69, 9.17) is 0 Å². The van der Waals surface area contributed by atoms with Gasteiger partial charge in [0.2, 0.25) is 0 Å². The molecule has 1 N–H and O–H groups in total. The molecule has 1 heterocycles. The van der Waals surface area contributed by atoms with Gasteiger partial charge in [-0.3, -0.25) is 0 Å². The lowest BCUT2D eigenvalue weighted by Crippen LogP contribution is -2.16. The normalized spacial score (nSPS) is 14.5. The number of nitrogens with one attached hydrogen (secondary N) is 1. The smallest absolute Gasteiger partial charge is 0.123 e. The molecule has 1 saturated heterocycles. The number of aryl methyl sites for hydroxylation is 2. The molecule has 0 aliphatic carbocycles. The van der Waals surface area contributed by atoms with Crippen molar-refractivity contribution in [3.05, 3.63) is 58.9 Å². The lowest BCUT2D eigenvalue weighted by atomic mass is 10.1. The minimum absolute atomic E-state index is 0.200. The summed E-state index contributed by atoms with van der Waals surface area (Å²) in [6, 6.07) is 10.9. The van der Waals surface area contributed by atoms with Gasteiger partial charge in [-0.15, -0.1) is 0 Å². The molecule has 4 heteroatoms. The average Bonchev–Trinajstić information content (AvgIpc) is 3.07. The number of anilines is 1. The number of hydrogen-bond acceptors (Lipinski definition) is 2. The molecule has 0 aromatic heterocycles. The van der Waals surface area contributed by atoms with E-state index in [1.807, 2.05) is 12.4 Å². The molecule has 2 aromatic carbocycles. The molecule has 0 radical (unpaired) electrons. The van der Waals surface area contributed by atoms with E-state index < -0.39 is 0 Å². The van der Waals surface area contributed by atoms with Gasteiger partial charge in [0, 0.05) is 25.3 Å². The molecule has 1 fully saturated rings. The number of nitrogens with zero attached hydrogens (tertiary/aromatic N) is 2. The SMILES string of the molecule is Cc1cc(NCc2cccc(F)c2)c(C)cc1N=CN1CCCC1. The predicted molar refractivity (Wildman–Crippen MR) is 98.6 cm³/mol. The Kier molecular flexibility index (Phi) is 5.14. The molecular weight excluding hydrogens is 301 g/mol. The highest BCUT2D eigenvalue weighted by atomic mass is 19.1. The maximum atomic E-state index is 13.3. The standard InChI is InChI=1S/C20H24FN3/c1-15-11-20(23-14-24-8-3-4-9-24)16(2)10-19(15)22-13-17-6-5-7-18(21)12-17/h5-7,10-12,14,22H,3-4,8-9,13H2,1-2H3. The van der Waals surface area contributed by atoms with Gasteiger partial charge < -0.3 is 10.2 Å². The third kappa shape index (κ3) is 4.13. The highest BCUT2D eigenvalue weighted by Gasteiger charge is 2.08. The third-order valence-corrected chi connectivity index (χ3v) is 4.42. The summed E-state index contributed by atoms with van der Waals surface area (Å²) in [7, 11) is 0. The van der Waals surface area contributed by atoms with Crippen molar-refractivity contribution in [3.8, 4) is 0 Å². The van der Waals surface area contributed by atoms with Crippen molar-refractivity contribution in [1.82, 2.24) is 4.90 Å². The van der Waals surface area contributed by atoms with Crippen LogP contribution < -0.4 is 5.32 Å². The maximum Gasteiger partial charge on any atom is 0.123 e. The molecule has 0 atom stereocenters. The van der Waals surface area contributed by atoms with Gasteiger partial charge >= 0.3 is 0 Å². The Hall–Kier alpha value is -2.36. The number of halogens is 1. The van der Waals surface area contributed by atoms with Gasteiger partial charge in [-0.1, -0.05) is 12.1 Å². The number of likely N-dealkylation sites (tertiary alicyclic amines) is 1. The van der Waals surface area contributed by atoms with E-state index in [1.165, 1.54) is 18.9 Å². The summed E-state index contributed by atoms with van der Waals surface area (Å²) < 4.78 is 13.3. The number of benzene rings is 2. The zero-order chi connectivity index (χ0) is 16.9. The molecule has 0 spiro atoms. The van der Waals surface area contributed by atoms with Gasteiger partial charge in [0.15, 0.2) is 0 Å². The van der Waals surface area contributed by atoms with Crippen molar-refractivity contribution < 1.29 is 4.39 Å². The van der Waals surface area contributed by atoms with Gasteiger partial charge in [0.1, 0.15) is 5.82 Å². The summed E-state index contributed by atoms with van der Waals surface area (Å²) in [5.41, 5.74) is 5.29. The summed E-state index contributed by atoms with van der Waals surface area (Å²) >= 11 is 0. The summed E-state index contributed by atoms with van der Waals surface area (Å²) in [5.74, 6) is -0.200. The highest BCUT2D eigenvalue weighted by Crippen LogP contribution is 2.27. The van der Waals surface area contributed by atoms with Crippen LogP contribution in [0.25, 0.3) is 0 Å². The molecule has 126 valence electrons. The third-order valence-electron chi connectivity index (χ3n) is 4.42. The van der Waals surface area contributed by atoms with Crippen LogP contribution in [-0.4, -0.2) is 24.3 Å². The second kappa shape index (κ2) is 7.47. The fourth-order valence-corrected chi connectivity index (χ4v) is 2.98. The summed E-state index contributed by atoms with van der Waals surface area (Å²) in [5, 5.41) is 3.39. The topological polar surface area (TPSA) is 27.6 Å². The molecule has 2 aromatic rings. The fraction of sp³-hybridized carbons (Fsp3) is 0.350. The fourth-order valence-electron chi connectivity index (χ4n) is 2.98. The van der Waals surface area contributed by atoms with Crippen LogP contribution in [0.4, 0.5) is 15.8 Å². The van der Waals surface area contributed by atoms with Crippen LogP contribution in [0.5, 0.6) is 0 Å². The van der Waals surface area contributed by atoms with E-state index in [-0.39, 0.29) is 5.82 Å². The van der Waals surface area contributed by atoms with Gasteiger partial charge in [-0.05, 0) is 67.6 Å². The predicted octanol–water partition coefficient (Wildman–Crippen LogP) is 4.81. The van der Waals surface area contributed by atoms with Crippen LogP contribution in [0, 0.1) is 19.7 Å². The monoisotopic (exact) mass is 325 g/mol. The van der Waals surface area contributed by atoms with Gasteiger partial charge in [-0.2, -0.15) is 0 Å². The minimum atomic E-state index is -0.200. The Morgan fingerprint density at radius 2 is 1.92 bits per heavy atom. The Morgan fingerprint density at radius 1 is 1.12 bits per heavy atom. The first kappa shape index (κ1) is 16.5. The van der Waals surface area contributed by atoms with E-state index in [1.54, 1.807) is 12.1 Å². The summed E-state index contributed by atoms with van der Waals surface area (Å²) in [6.07, 6.45) is 4.48. The lowest BCUT2D eigenvalue weighted by molar-refractivity contribution is 0.536. The largest absolute Gasteiger partial charge is 0.381 e. The molecule has 0 bridgehead atoms. The Balaban J connectivity index is 1.69. The molecule has 0 amide bonds. The first-order valence-electron chi connectivity index (χ1n) is 8.49. The van der Waals surface area contributed by atoms with Crippen molar-refractivity contribution in [1.29, 1.82) is 0 Å². The van der Waals surface area contributed by atoms with E-state index in [0.717, 1.165) is 41.2 Å². The molecule has 0 saturated carbocycles. The number of hydrogen-bond donors (Lipinski definition) is 1. The zero-order valence-corrected chi connectivity index (χ0v) is 14.3. The summed E-state index contributed by atoms with van der Waals surface area (Å²) in [4.78, 5) is 6.91. The van der Waals surface area contributed by atoms with Gasteiger partial charge in [0.05, 0.1) is 12.0 Å². The van der Waals surface area contributed by atoms with E-state index >= 15 is 0 Å². The Labute approximate surface area is 143 Å². The van der Waals surface area contributed by atoms with E-state index in [9.17, 15) is 4.39 Å². The van der Waals surface area contributed by atoms with Gasteiger partial charge in [0.25, 0.3) is 0 Å². The van der Waals surface area contributed by atoms with Crippen LogP contribution in [0.3, 0.4) is 0 Å². The second-order valence-electron chi connectivity index (χ2n) is 6.42. The van der Waals surface area contributed by atoms with Crippen molar-refractivity contribution in [2.75, 3.05) is 18.4 Å². The van der Waals surface area contributed by atoms with Crippen LogP contribution in [0.1, 0.15) is 29.5 Å². The molecule has 3 rings (SSSR count). The quantitative estimate of drug-likeness (QED) is 0.631. The average molecular weight is 325 g/mol. The number of rotatable bonds is 5. The lowest BCUT2D eigenvalue weighted by Gasteiger charge is -2.14. The maximum absolute atomic E-state index is 13.3. The van der Waals surface area contributed by atoms with Crippen LogP contribution in [-0.2, 0) is 6.54 Å². The molecular formula is C20H24FN3. The molecule has 1 aliphatic rings. The molecule has 24 heavy (non-hydrogen) atoms. The Bertz CT molecular complexity index is 734. The van der Waals surface area contributed by atoms with Crippen molar-refractivity contribution in [2.45, 2.75) is 33.2 Å². The minimum Gasteiger partial charge on any atom is -0.381 e. The number of aliphatic imine (C=N–C) groups is 1. The van der Waals surface area contributed by atoms with E-state index in [0.29, 0.717) is 6.54 Å². The molecule has 0 unspecified atom stereocenters. The van der Waals surface area contributed by atoms with Crippen molar-refractivity contribution >= 4 is 17.7 Å². The van der Waals surface area contributed by atoms with Crippen LogP contribution >= 0.6 is 0 Å². The molecule has 3 nitrogen and oxygen atoms in total. The van der Waals surface area contributed by atoms with Crippen LogP contribution in [0.15, 0.2) is 41.4 Å². The van der Waals surface area contributed by atoms with E-state index in [2.05, 4.69) is 41.2 Å². The van der Waals surface area contributed by atoms with Crippen molar-refractivity contribution in [3.63, 3.8) is 0 Å². The molecule has 1 aliphatic heterocycles. The summed E-state index contributed by atoms with van der Waals surface area (Å²) in [6.45, 7) is 6.96. The van der Waals surface area contributed by atoms with Gasteiger partial charge in [-0.25, -0.2) is 9.38 Å². The zero-order valence-electron chi connectivity index (χ0n) is 14.3. The van der Waals surface area contributed by atoms with Crippen molar-refractivity contribution in [2.24, 2.45) is 4.99 Å². The first-order valence-corrected chi connectivity index (χ1v) is 8.49. The van der Waals surface area contributed by atoms with Crippen LogP contribution in [0.2, 0.25) is 0 Å². The second-order valence-corrected chi connectivity index (χ2v) is 6.42.